The van der Waals surface area contributed by atoms with Gasteiger partial charge in [-0.2, -0.15) is 0 Å². The fourth-order valence-electron chi connectivity index (χ4n) is 5.52. The lowest BCUT2D eigenvalue weighted by Crippen LogP contribution is -2.36. The van der Waals surface area contributed by atoms with E-state index in [1.54, 1.807) is 0 Å². The van der Waals surface area contributed by atoms with E-state index in [9.17, 15) is 14.7 Å². The first kappa shape index (κ1) is 30.3. The lowest BCUT2D eigenvalue weighted by Gasteiger charge is -2.20. The highest BCUT2D eigenvalue weighted by molar-refractivity contribution is 6.32. The Morgan fingerprint density at radius 3 is 2.67 bits per heavy atom. The van der Waals surface area contributed by atoms with Crippen molar-refractivity contribution in [3.63, 3.8) is 0 Å². The zero-order valence-electron chi connectivity index (χ0n) is 24.4. The van der Waals surface area contributed by atoms with E-state index in [0.717, 1.165) is 51.8 Å². The first-order chi connectivity index (χ1) is 20.9. The Morgan fingerprint density at radius 2 is 1.86 bits per heavy atom. The monoisotopic (exact) mass is 596 g/mol. The molecule has 1 amide bonds. The molecule has 1 aliphatic heterocycles. The summed E-state index contributed by atoms with van der Waals surface area (Å²) in [7, 11) is 0. The van der Waals surface area contributed by atoms with E-state index in [1.165, 1.54) is 0 Å². The zero-order chi connectivity index (χ0) is 30.2. The van der Waals surface area contributed by atoms with Crippen LogP contribution >= 0.6 is 11.6 Å². The Hall–Kier alpha value is -4.13. The lowest BCUT2D eigenvalue weighted by molar-refractivity contribution is -0.139. The molecule has 3 N–H and O–H groups in total. The molecule has 3 aromatic carbocycles. The molecular weight excluding hydrogens is 560 g/mol. The van der Waals surface area contributed by atoms with Gasteiger partial charge in [0.15, 0.2) is 0 Å². The SMILES string of the molecule is Cc1c(COc2cc3c(cc2Cl)CN[C@H](C(=O)O)CCCCNC(=O)C2=CCC/C=C/C3=C2)cccc1-c1ccccc1. The number of ether oxygens (including phenoxy) is 1. The predicted molar refractivity (Wildman–Crippen MR) is 172 cm³/mol. The highest BCUT2D eigenvalue weighted by Gasteiger charge is 2.21. The zero-order valence-corrected chi connectivity index (χ0v) is 25.1. The van der Waals surface area contributed by atoms with Crippen molar-refractivity contribution in [1.29, 1.82) is 0 Å². The summed E-state index contributed by atoms with van der Waals surface area (Å²) in [5.41, 5.74) is 7.61. The van der Waals surface area contributed by atoms with Crippen molar-refractivity contribution in [3.8, 4) is 16.9 Å². The number of hydrogen-bond donors (Lipinski definition) is 3. The minimum atomic E-state index is -0.896. The number of aliphatic carboxylic acids is 1. The first-order valence-corrected chi connectivity index (χ1v) is 15.2. The van der Waals surface area contributed by atoms with Gasteiger partial charge in [0.1, 0.15) is 18.4 Å². The lowest BCUT2D eigenvalue weighted by atomic mass is 9.94. The summed E-state index contributed by atoms with van der Waals surface area (Å²) >= 11 is 6.80. The molecular formula is C36H37ClN2O4. The van der Waals surface area contributed by atoms with Gasteiger partial charge in [-0.3, -0.25) is 9.59 Å². The van der Waals surface area contributed by atoms with Gasteiger partial charge < -0.3 is 20.5 Å². The van der Waals surface area contributed by atoms with Gasteiger partial charge in [-0.1, -0.05) is 78.4 Å². The number of rotatable bonds is 5. The average molecular weight is 597 g/mol. The van der Waals surface area contributed by atoms with Crippen molar-refractivity contribution in [1.82, 2.24) is 10.6 Å². The van der Waals surface area contributed by atoms with E-state index in [0.29, 0.717) is 55.3 Å². The molecule has 3 aromatic rings. The van der Waals surface area contributed by atoms with Crippen LogP contribution in [0.4, 0.5) is 0 Å². The fraction of sp³-hybridized carbons (Fsp3) is 0.278. The number of fused-ring (bicyclic) bond motifs is 3. The van der Waals surface area contributed by atoms with Crippen LogP contribution in [0.5, 0.6) is 5.75 Å². The molecule has 1 aliphatic carbocycles. The van der Waals surface area contributed by atoms with Gasteiger partial charge in [0.2, 0.25) is 0 Å². The third-order valence-corrected chi connectivity index (χ3v) is 8.29. The molecule has 222 valence electrons. The van der Waals surface area contributed by atoms with Crippen LogP contribution in [0.3, 0.4) is 0 Å². The van der Waals surface area contributed by atoms with Gasteiger partial charge in [-0.15, -0.1) is 0 Å². The number of benzene rings is 3. The number of halogens is 1. The molecule has 0 spiro atoms. The molecule has 43 heavy (non-hydrogen) atoms. The van der Waals surface area contributed by atoms with Gasteiger partial charge in [-0.05, 0) is 96.2 Å². The van der Waals surface area contributed by atoms with Crippen LogP contribution in [0.2, 0.25) is 5.02 Å². The van der Waals surface area contributed by atoms with Crippen molar-refractivity contribution in [3.05, 3.63) is 118 Å². The summed E-state index contributed by atoms with van der Waals surface area (Å²) in [6.07, 6.45) is 11.4. The van der Waals surface area contributed by atoms with Crippen LogP contribution in [0.25, 0.3) is 16.7 Å². The number of carbonyl (C=O) groups excluding carboxylic acids is 1. The van der Waals surface area contributed by atoms with Gasteiger partial charge in [-0.25, -0.2) is 0 Å². The number of nitrogens with one attached hydrogen (secondary N) is 2. The summed E-state index contributed by atoms with van der Waals surface area (Å²) in [6, 6.07) is 19.5. The predicted octanol–water partition coefficient (Wildman–Crippen LogP) is 7.40. The number of carboxylic acids is 1. The summed E-state index contributed by atoms with van der Waals surface area (Å²) in [6.45, 7) is 3.23. The second kappa shape index (κ2) is 14.4. The van der Waals surface area contributed by atoms with Crippen molar-refractivity contribution in [2.24, 2.45) is 0 Å². The molecule has 1 heterocycles. The molecule has 7 heteroatoms. The molecule has 0 saturated carbocycles. The van der Waals surface area contributed by atoms with Crippen molar-refractivity contribution < 1.29 is 19.4 Å². The average Bonchev–Trinajstić information content (AvgIpc) is 2.98. The molecule has 0 unspecified atom stereocenters. The Kier molecular flexibility index (Phi) is 10.1. The minimum absolute atomic E-state index is 0.126. The van der Waals surface area contributed by atoms with E-state index in [2.05, 4.69) is 47.9 Å². The van der Waals surface area contributed by atoms with Crippen molar-refractivity contribution in [2.75, 3.05) is 6.54 Å². The van der Waals surface area contributed by atoms with Crippen molar-refractivity contribution in [2.45, 2.75) is 58.2 Å². The molecule has 0 aromatic heterocycles. The van der Waals surface area contributed by atoms with Crippen LogP contribution in [-0.4, -0.2) is 29.6 Å². The van der Waals surface area contributed by atoms with Crippen LogP contribution in [0.1, 0.15) is 54.4 Å². The number of allylic oxidation sites excluding steroid dienone is 4. The number of amides is 1. The second-order valence-electron chi connectivity index (χ2n) is 10.9. The third kappa shape index (κ3) is 7.64. The van der Waals surface area contributed by atoms with Gasteiger partial charge >= 0.3 is 5.97 Å². The van der Waals surface area contributed by atoms with E-state index in [-0.39, 0.29) is 5.91 Å². The highest BCUT2D eigenvalue weighted by atomic mass is 35.5. The number of carbonyl (C=O) groups is 2. The van der Waals surface area contributed by atoms with Gasteiger partial charge in [0.05, 0.1) is 5.02 Å². The molecule has 5 rings (SSSR count). The third-order valence-electron chi connectivity index (χ3n) is 7.99. The van der Waals surface area contributed by atoms with Crippen molar-refractivity contribution >= 4 is 29.1 Å². The maximum atomic E-state index is 13.1. The highest BCUT2D eigenvalue weighted by Crippen LogP contribution is 2.35. The Morgan fingerprint density at radius 1 is 1.02 bits per heavy atom. The smallest absolute Gasteiger partial charge is 0.320 e. The van der Waals surface area contributed by atoms with Crippen LogP contribution in [0, 0.1) is 6.92 Å². The molecule has 0 fully saturated rings. The van der Waals surface area contributed by atoms with E-state index >= 15 is 0 Å². The minimum Gasteiger partial charge on any atom is -0.487 e. The first-order valence-electron chi connectivity index (χ1n) is 14.8. The Bertz CT molecular complexity index is 1580. The van der Waals surface area contributed by atoms with E-state index in [4.69, 9.17) is 16.3 Å². The summed E-state index contributed by atoms with van der Waals surface area (Å²) in [5.74, 6) is -0.502. The summed E-state index contributed by atoms with van der Waals surface area (Å²) < 4.78 is 6.35. The normalized spacial score (nSPS) is 18.5. The quantitative estimate of drug-likeness (QED) is 0.286. The van der Waals surface area contributed by atoms with Gasteiger partial charge in [0.25, 0.3) is 5.91 Å². The topological polar surface area (TPSA) is 87.7 Å². The maximum Gasteiger partial charge on any atom is 0.320 e. The molecule has 2 aliphatic rings. The van der Waals surface area contributed by atoms with E-state index < -0.39 is 12.0 Å². The van der Waals surface area contributed by atoms with Crippen LogP contribution < -0.4 is 15.4 Å². The molecule has 1 atom stereocenters. The Labute approximate surface area is 258 Å². The van der Waals surface area contributed by atoms with Crippen LogP contribution in [-0.2, 0) is 22.7 Å². The second-order valence-corrected chi connectivity index (χ2v) is 11.4. The Balaban J connectivity index is 1.51. The molecule has 2 bridgehead atoms. The standard InChI is InChI=1S/C36H37ClN2O4/c1-24-28(15-10-16-30(24)25-11-4-2-5-12-25)23-43-34-21-31-26-13-6-3-7-14-27(19-26)35(40)38-18-9-8-17-33(36(41)42)39-22-29(31)20-32(34)37/h2,4-6,10-16,19-21,33,39H,3,7-9,17-18,22-23H2,1H3,(H,38,40)(H,41,42)/b13-6+,26-19?,27-14?/t33-/m0/s1. The fourth-order valence-corrected chi connectivity index (χ4v) is 5.76. The number of carboxylic acid groups (broad SMARTS) is 1. The molecule has 0 saturated heterocycles. The van der Waals surface area contributed by atoms with Gasteiger partial charge in [0, 0.05) is 18.7 Å². The summed E-state index contributed by atoms with van der Waals surface area (Å²) in [5, 5.41) is 16.5. The molecule has 6 nitrogen and oxygen atoms in total. The molecule has 0 radical (unpaired) electrons. The largest absolute Gasteiger partial charge is 0.487 e. The number of hydrogen-bond acceptors (Lipinski definition) is 4. The van der Waals surface area contributed by atoms with E-state index in [1.807, 2.05) is 54.6 Å². The van der Waals surface area contributed by atoms with Crippen LogP contribution in [0.15, 0.2) is 90.5 Å². The maximum absolute atomic E-state index is 13.1. The summed E-state index contributed by atoms with van der Waals surface area (Å²) in [4.78, 5) is 25.1.